The Kier molecular flexibility index (Phi) is 11.6. The second-order valence-electron chi connectivity index (χ2n) is 6.71. The Bertz CT molecular complexity index is 260. The number of likely N-dealkylation sites (N-methyl/N-ethyl adjacent to an activating group) is 1. The summed E-state index contributed by atoms with van der Waals surface area (Å²) < 4.78 is 0. The first-order valence-electron chi connectivity index (χ1n) is 9.59. The van der Waals surface area contributed by atoms with Gasteiger partial charge in [0.05, 0.1) is 12.4 Å². The lowest BCUT2D eigenvalue weighted by molar-refractivity contribution is 0.527. The summed E-state index contributed by atoms with van der Waals surface area (Å²) in [6.07, 6.45) is 19.8. The molecule has 1 aliphatic heterocycles. The predicted molar refractivity (Wildman–Crippen MR) is 95.2 cm³/mol. The third kappa shape index (κ3) is 9.92. The van der Waals surface area contributed by atoms with E-state index in [1.54, 1.807) is 0 Å². The van der Waals surface area contributed by atoms with E-state index in [4.69, 9.17) is 0 Å². The highest BCUT2D eigenvalue weighted by Crippen LogP contribution is 2.14. The summed E-state index contributed by atoms with van der Waals surface area (Å²) in [5, 5.41) is 0. The van der Waals surface area contributed by atoms with Gasteiger partial charge in [0.2, 0.25) is 0 Å². The molecule has 124 valence electrons. The predicted octanol–water partition coefficient (Wildman–Crippen LogP) is 5.81. The van der Waals surface area contributed by atoms with Crippen molar-refractivity contribution in [2.45, 2.75) is 96.8 Å². The normalized spacial score (nSPS) is 14.8. The van der Waals surface area contributed by atoms with Gasteiger partial charge < -0.3 is 4.90 Å². The summed E-state index contributed by atoms with van der Waals surface area (Å²) >= 11 is 0. The maximum atomic E-state index is 4.55. The van der Waals surface area contributed by atoms with Crippen LogP contribution in [0.15, 0.2) is 4.99 Å². The Hall–Kier alpha value is -0.530. The standard InChI is InChI=1S/C19H38N2/c1-3-4-5-6-7-8-9-10-11-12-13-14-15-16-19-20-17-18-21(19)2/h3-18H2,1-2H3. The molecule has 0 atom stereocenters. The maximum Gasteiger partial charge on any atom is 0.0987 e. The molecule has 0 spiro atoms. The Balaban J connectivity index is 1.73. The monoisotopic (exact) mass is 294 g/mol. The van der Waals surface area contributed by atoms with Crippen LogP contribution in [0.2, 0.25) is 0 Å². The number of aliphatic imine (C=N–C) groups is 1. The fourth-order valence-electron chi connectivity index (χ4n) is 3.15. The Morgan fingerprint density at radius 2 is 1.24 bits per heavy atom. The summed E-state index contributed by atoms with van der Waals surface area (Å²) in [7, 11) is 2.17. The lowest BCUT2D eigenvalue weighted by Gasteiger charge is -2.13. The van der Waals surface area contributed by atoms with E-state index in [0.29, 0.717) is 0 Å². The van der Waals surface area contributed by atoms with Gasteiger partial charge in [-0.2, -0.15) is 0 Å². The van der Waals surface area contributed by atoms with Crippen LogP contribution >= 0.6 is 0 Å². The summed E-state index contributed by atoms with van der Waals surface area (Å²) in [4.78, 5) is 6.87. The van der Waals surface area contributed by atoms with E-state index in [2.05, 4.69) is 23.9 Å². The van der Waals surface area contributed by atoms with Gasteiger partial charge in [0.1, 0.15) is 0 Å². The van der Waals surface area contributed by atoms with E-state index in [1.165, 1.54) is 95.7 Å². The van der Waals surface area contributed by atoms with Crippen LogP contribution in [0.5, 0.6) is 0 Å². The topological polar surface area (TPSA) is 15.6 Å². The van der Waals surface area contributed by atoms with Crippen LogP contribution in [-0.2, 0) is 0 Å². The largest absolute Gasteiger partial charge is 0.362 e. The number of hydrogen-bond acceptors (Lipinski definition) is 2. The lowest BCUT2D eigenvalue weighted by atomic mass is 10.0. The minimum atomic E-state index is 1.02. The third-order valence-electron chi connectivity index (χ3n) is 4.67. The fourth-order valence-corrected chi connectivity index (χ4v) is 3.15. The molecular weight excluding hydrogens is 256 g/mol. The molecule has 1 rings (SSSR count). The summed E-state index contributed by atoms with van der Waals surface area (Å²) in [5.41, 5.74) is 0. The highest BCUT2D eigenvalue weighted by Gasteiger charge is 2.10. The van der Waals surface area contributed by atoms with Crippen LogP contribution in [0.3, 0.4) is 0 Å². The number of rotatable bonds is 14. The number of nitrogens with zero attached hydrogens (tertiary/aromatic N) is 2. The number of hydrogen-bond donors (Lipinski definition) is 0. The average Bonchev–Trinajstić information content (AvgIpc) is 2.89. The molecule has 0 aromatic heterocycles. The molecule has 1 heterocycles. The van der Waals surface area contributed by atoms with Crippen LogP contribution in [0.25, 0.3) is 0 Å². The molecule has 0 saturated carbocycles. The van der Waals surface area contributed by atoms with Gasteiger partial charge in [-0.3, -0.25) is 4.99 Å². The quantitative estimate of drug-likeness (QED) is 0.369. The molecule has 21 heavy (non-hydrogen) atoms. The van der Waals surface area contributed by atoms with Gasteiger partial charge >= 0.3 is 0 Å². The maximum absolute atomic E-state index is 4.55. The number of unbranched alkanes of at least 4 members (excludes halogenated alkanes) is 12. The Morgan fingerprint density at radius 3 is 1.67 bits per heavy atom. The van der Waals surface area contributed by atoms with E-state index < -0.39 is 0 Å². The molecule has 0 unspecified atom stereocenters. The van der Waals surface area contributed by atoms with Gasteiger partial charge in [-0.1, -0.05) is 84.0 Å². The van der Waals surface area contributed by atoms with Crippen molar-refractivity contribution in [3.8, 4) is 0 Å². The van der Waals surface area contributed by atoms with Gasteiger partial charge in [0, 0.05) is 20.0 Å². The zero-order chi connectivity index (χ0) is 15.2. The molecular formula is C19H38N2. The summed E-state index contributed by atoms with van der Waals surface area (Å²) in [6, 6.07) is 0. The second kappa shape index (κ2) is 13.2. The first kappa shape index (κ1) is 18.5. The lowest BCUT2D eigenvalue weighted by Crippen LogP contribution is -2.22. The third-order valence-corrected chi connectivity index (χ3v) is 4.67. The molecule has 0 aliphatic carbocycles. The van der Waals surface area contributed by atoms with E-state index in [9.17, 15) is 0 Å². The minimum absolute atomic E-state index is 1.02. The van der Waals surface area contributed by atoms with Gasteiger partial charge in [0.25, 0.3) is 0 Å². The van der Waals surface area contributed by atoms with E-state index in [0.717, 1.165) is 13.1 Å². The van der Waals surface area contributed by atoms with Crippen LogP contribution in [0.1, 0.15) is 96.8 Å². The molecule has 0 amide bonds. The highest BCUT2D eigenvalue weighted by molar-refractivity contribution is 5.83. The van der Waals surface area contributed by atoms with Crippen LogP contribution < -0.4 is 0 Å². The fraction of sp³-hybridized carbons (Fsp3) is 0.947. The zero-order valence-corrected chi connectivity index (χ0v) is 14.7. The average molecular weight is 295 g/mol. The van der Waals surface area contributed by atoms with Crippen molar-refractivity contribution in [2.75, 3.05) is 20.1 Å². The minimum Gasteiger partial charge on any atom is -0.362 e. The van der Waals surface area contributed by atoms with Crippen LogP contribution in [-0.4, -0.2) is 30.9 Å². The molecule has 0 fully saturated rings. The molecule has 0 saturated heterocycles. The van der Waals surface area contributed by atoms with Crippen molar-refractivity contribution in [1.29, 1.82) is 0 Å². The van der Waals surface area contributed by atoms with Gasteiger partial charge in [-0.25, -0.2) is 0 Å². The molecule has 0 radical (unpaired) electrons. The Labute approximate surface area is 133 Å². The molecule has 1 aliphatic rings. The molecule has 0 aromatic rings. The highest BCUT2D eigenvalue weighted by atomic mass is 15.2. The van der Waals surface area contributed by atoms with Crippen molar-refractivity contribution >= 4 is 5.84 Å². The van der Waals surface area contributed by atoms with E-state index in [1.807, 2.05) is 0 Å². The Morgan fingerprint density at radius 1 is 0.762 bits per heavy atom. The molecule has 0 aromatic carbocycles. The van der Waals surface area contributed by atoms with E-state index in [-0.39, 0.29) is 0 Å². The van der Waals surface area contributed by atoms with Crippen LogP contribution in [0.4, 0.5) is 0 Å². The summed E-state index contributed by atoms with van der Waals surface area (Å²) in [5.74, 6) is 1.35. The van der Waals surface area contributed by atoms with Crippen molar-refractivity contribution in [3.63, 3.8) is 0 Å². The first-order valence-corrected chi connectivity index (χ1v) is 9.59. The van der Waals surface area contributed by atoms with Gasteiger partial charge in [-0.15, -0.1) is 0 Å². The number of amidine groups is 1. The second-order valence-corrected chi connectivity index (χ2v) is 6.71. The van der Waals surface area contributed by atoms with Gasteiger partial charge in [0.15, 0.2) is 0 Å². The summed E-state index contributed by atoms with van der Waals surface area (Å²) in [6.45, 7) is 4.44. The SMILES string of the molecule is CCCCCCCCCCCCCCCC1=NCCN1C. The molecule has 0 N–H and O–H groups in total. The molecule has 0 bridgehead atoms. The van der Waals surface area contributed by atoms with E-state index >= 15 is 0 Å². The van der Waals surface area contributed by atoms with Crippen molar-refractivity contribution in [1.82, 2.24) is 4.90 Å². The van der Waals surface area contributed by atoms with Crippen molar-refractivity contribution in [2.24, 2.45) is 4.99 Å². The van der Waals surface area contributed by atoms with Crippen LogP contribution in [0, 0.1) is 0 Å². The first-order chi connectivity index (χ1) is 10.3. The molecule has 2 heteroatoms. The zero-order valence-electron chi connectivity index (χ0n) is 14.7. The van der Waals surface area contributed by atoms with Crippen molar-refractivity contribution in [3.05, 3.63) is 0 Å². The smallest absolute Gasteiger partial charge is 0.0987 e. The molecule has 2 nitrogen and oxygen atoms in total. The van der Waals surface area contributed by atoms with Gasteiger partial charge in [-0.05, 0) is 6.42 Å². The van der Waals surface area contributed by atoms with Crippen molar-refractivity contribution < 1.29 is 0 Å².